The van der Waals surface area contributed by atoms with Gasteiger partial charge < -0.3 is 4.28 Å². The molecule has 0 aromatic heterocycles. The van der Waals surface area contributed by atoms with Gasteiger partial charge in [-0.05, 0) is 0 Å². The molecule has 0 rings (SSSR count). The van der Waals surface area contributed by atoms with Crippen LogP contribution in [0.1, 0.15) is 4.28 Å². The maximum absolute atomic E-state index is 0. The van der Waals surface area contributed by atoms with Crippen molar-refractivity contribution in [2.75, 3.05) is 0 Å². The molecule has 0 amide bonds. The van der Waals surface area contributed by atoms with Crippen LogP contribution in [0, 0.1) is 35.6 Å². The molecule has 0 saturated carbocycles. The van der Waals surface area contributed by atoms with E-state index in [4.69, 9.17) is 0 Å². The Kier molecular flexibility index (Phi) is 99.0. The first-order chi connectivity index (χ1) is 0. The first kappa shape index (κ1) is 25.0. The third-order valence-corrected chi connectivity index (χ3v) is 0. The Hall–Kier alpha value is 3.79. The molecule has 14 valence electrons. The van der Waals surface area contributed by atoms with E-state index in [9.17, 15) is 0 Å². The molecule has 0 aliphatic carbocycles. The molecular weight excluding hydrogens is 279 g/mol. The summed E-state index contributed by atoms with van der Waals surface area (Å²) in [4.78, 5) is 0. The Morgan fingerprint density at radius 1 is 1.25 bits per heavy atom. The number of hydrogen-bond acceptors (Lipinski definition) is 0. The molecule has 2 radical (unpaired) electrons. The van der Waals surface area contributed by atoms with Gasteiger partial charge >= 0.3 is 56.6 Å². The zero-order valence-electron chi connectivity index (χ0n) is 5.73. The second kappa shape index (κ2) is 15.8. The van der Waals surface area contributed by atoms with Gasteiger partial charge in [-0.25, -0.2) is 0 Å². The average molecular weight is 282 g/mol. The molecule has 0 aliphatic heterocycles. The second-order valence-corrected chi connectivity index (χ2v) is 0. The molecule has 0 aliphatic rings. The van der Waals surface area contributed by atoms with Crippen LogP contribution >= 0.6 is 0 Å². The molecule has 4 heavy (non-hydrogen) atoms. The molecule has 0 aromatic carbocycles. The van der Waals surface area contributed by atoms with Gasteiger partial charge in [-0.1, -0.05) is 0 Å². The van der Waals surface area contributed by atoms with Crippen molar-refractivity contribution in [2.45, 2.75) is 0 Å². The largest absolute Gasteiger partial charge is 2.00 e. The molecular formula is H3CaLaLiNb. The molecule has 0 bridgehead atoms. The van der Waals surface area contributed by atoms with E-state index < -0.39 is 0 Å². The van der Waals surface area contributed by atoms with Crippen molar-refractivity contribution >= 4 is 37.7 Å². The van der Waals surface area contributed by atoms with Crippen LogP contribution in [0.5, 0.6) is 0 Å². The standard InChI is InChI=1S/Ca.La.Li.Nb.3H/q+2;;+1;;3*-1. The summed E-state index contributed by atoms with van der Waals surface area (Å²) in [7, 11) is 0. The quantitative estimate of drug-likeness (QED) is 0.414. The Morgan fingerprint density at radius 3 is 1.25 bits per heavy atom. The van der Waals surface area contributed by atoms with Gasteiger partial charge in [0, 0.05) is 58.0 Å². The minimum absolute atomic E-state index is 0. The maximum atomic E-state index is 0. The van der Waals surface area contributed by atoms with Crippen LogP contribution in [0.2, 0.25) is 0 Å². The fraction of sp³-hybridized carbons (Fsp3) is 0. The fourth-order valence-electron chi connectivity index (χ4n) is 0. The summed E-state index contributed by atoms with van der Waals surface area (Å²) in [5.74, 6) is 0. The zero-order valence-corrected chi connectivity index (χ0v) is 10.8. The van der Waals surface area contributed by atoms with Crippen molar-refractivity contribution < 1.29 is 81.1 Å². The number of hydrogen-bond donors (Lipinski definition) is 0. The van der Waals surface area contributed by atoms with E-state index in [2.05, 4.69) is 0 Å². The minimum Gasteiger partial charge on any atom is -1.00 e. The molecule has 0 nitrogen and oxygen atoms in total. The number of rotatable bonds is 0. The predicted octanol–water partition coefficient (Wildman–Crippen LogP) is -3.04. The van der Waals surface area contributed by atoms with Crippen LogP contribution in [0.15, 0.2) is 0 Å². The Bertz CT molecular complexity index is 14.9. The van der Waals surface area contributed by atoms with Crippen LogP contribution in [0.3, 0.4) is 0 Å². The van der Waals surface area contributed by atoms with E-state index in [0.29, 0.717) is 0 Å². The van der Waals surface area contributed by atoms with Gasteiger partial charge in [-0.3, -0.25) is 0 Å². The third-order valence-electron chi connectivity index (χ3n) is 0. The Balaban J connectivity index is 0. The van der Waals surface area contributed by atoms with E-state index in [1.54, 1.807) is 0 Å². The van der Waals surface area contributed by atoms with Gasteiger partial charge in [-0.2, -0.15) is 0 Å². The van der Waals surface area contributed by atoms with Crippen molar-refractivity contribution in [3.63, 3.8) is 0 Å². The van der Waals surface area contributed by atoms with Crippen molar-refractivity contribution in [1.29, 1.82) is 0 Å². The first-order valence-corrected chi connectivity index (χ1v) is 0. The summed E-state index contributed by atoms with van der Waals surface area (Å²) >= 11 is 0. The Morgan fingerprint density at radius 2 is 1.25 bits per heavy atom. The molecule has 0 heterocycles. The molecule has 0 fully saturated rings. The summed E-state index contributed by atoms with van der Waals surface area (Å²) in [5, 5.41) is 0. The topological polar surface area (TPSA) is 0 Å². The molecule has 0 saturated heterocycles. The first-order valence-electron chi connectivity index (χ1n) is 0. The monoisotopic (exact) mass is 282 g/mol. The smallest absolute Gasteiger partial charge is 1.00 e. The van der Waals surface area contributed by atoms with Crippen molar-refractivity contribution in [3.8, 4) is 0 Å². The summed E-state index contributed by atoms with van der Waals surface area (Å²) < 4.78 is 0. The molecule has 0 aromatic rings. The van der Waals surface area contributed by atoms with Crippen LogP contribution in [0.25, 0.3) is 0 Å². The fourth-order valence-corrected chi connectivity index (χ4v) is 0. The van der Waals surface area contributed by atoms with Gasteiger partial charge in [0.1, 0.15) is 0 Å². The van der Waals surface area contributed by atoms with Crippen LogP contribution < -0.4 is 18.9 Å². The molecule has 0 unspecified atom stereocenters. The van der Waals surface area contributed by atoms with Gasteiger partial charge in [0.15, 0.2) is 0 Å². The van der Waals surface area contributed by atoms with Crippen LogP contribution in [-0.2, 0) is 22.4 Å². The molecule has 4 heteroatoms. The summed E-state index contributed by atoms with van der Waals surface area (Å²) in [5.41, 5.74) is 0. The van der Waals surface area contributed by atoms with Gasteiger partial charge in [0.25, 0.3) is 0 Å². The van der Waals surface area contributed by atoms with Crippen molar-refractivity contribution in [3.05, 3.63) is 0 Å². The second-order valence-electron chi connectivity index (χ2n) is 0. The zero-order chi connectivity index (χ0) is 0. The molecule has 0 N–H and O–H groups in total. The third kappa shape index (κ3) is 9.25. The van der Waals surface area contributed by atoms with E-state index in [1.165, 1.54) is 0 Å². The summed E-state index contributed by atoms with van der Waals surface area (Å²) in [6, 6.07) is 0. The van der Waals surface area contributed by atoms with Gasteiger partial charge in [0.05, 0.1) is 0 Å². The normalized spacial score (nSPS) is 0. The maximum Gasteiger partial charge on any atom is 2.00 e. The van der Waals surface area contributed by atoms with E-state index in [0.717, 1.165) is 0 Å². The van der Waals surface area contributed by atoms with Crippen molar-refractivity contribution in [2.24, 2.45) is 0 Å². The molecule has 0 atom stereocenters. The average Bonchev–Trinajstić information content (AvgIpc) is 0. The van der Waals surface area contributed by atoms with Gasteiger partial charge in [-0.15, -0.1) is 0 Å². The Labute approximate surface area is 116 Å². The van der Waals surface area contributed by atoms with Crippen LogP contribution in [-0.4, -0.2) is 37.7 Å². The molecule has 0 spiro atoms. The minimum atomic E-state index is 0. The van der Waals surface area contributed by atoms with E-state index in [1.807, 2.05) is 0 Å². The summed E-state index contributed by atoms with van der Waals surface area (Å²) in [6.07, 6.45) is 0. The van der Waals surface area contributed by atoms with E-state index in [-0.39, 0.29) is 119 Å². The predicted molar refractivity (Wildman–Crippen MR) is 9.09 cm³/mol. The van der Waals surface area contributed by atoms with Crippen LogP contribution in [0.4, 0.5) is 0 Å². The SMILES string of the molecule is [Ca+2].[H-].[H-].[H-].[La].[Li+].[Nb]. The van der Waals surface area contributed by atoms with E-state index >= 15 is 0 Å². The van der Waals surface area contributed by atoms with Crippen molar-refractivity contribution in [1.82, 2.24) is 0 Å². The summed E-state index contributed by atoms with van der Waals surface area (Å²) in [6.45, 7) is 0. The van der Waals surface area contributed by atoms with Gasteiger partial charge in [0.2, 0.25) is 0 Å².